The van der Waals surface area contributed by atoms with E-state index in [0.717, 1.165) is 0 Å². The Morgan fingerprint density at radius 1 is 0.941 bits per heavy atom. The van der Waals surface area contributed by atoms with Crippen molar-refractivity contribution in [2.45, 2.75) is 12.6 Å². The first-order valence-corrected chi connectivity index (χ1v) is 8.08. The Morgan fingerprint density at radius 2 is 1.47 bits per heavy atom. The van der Waals surface area contributed by atoms with Gasteiger partial charge in [-0.25, -0.2) is 31.3 Å². The molecular formula is C17H4F11MnN3O2. The minimum absolute atomic E-state index is 0. The Kier molecular flexibility index (Phi) is 7.33. The van der Waals surface area contributed by atoms with Gasteiger partial charge in [0, 0.05) is 22.6 Å². The summed E-state index contributed by atoms with van der Waals surface area (Å²) in [5, 5.41) is 12.9. The zero-order valence-corrected chi connectivity index (χ0v) is 16.6. The first-order valence-electron chi connectivity index (χ1n) is 8.08. The van der Waals surface area contributed by atoms with Crippen molar-refractivity contribution in [3.05, 3.63) is 69.7 Å². The smallest absolute Gasteiger partial charge is 0.436 e. The molecule has 34 heavy (non-hydrogen) atoms. The van der Waals surface area contributed by atoms with Crippen LogP contribution < -0.4 is 0 Å². The van der Waals surface area contributed by atoms with Gasteiger partial charge in [-0.2, -0.15) is 31.7 Å². The van der Waals surface area contributed by atoms with E-state index in [1.807, 2.05) is 4.98 Å². The Bertz CT molecular complexity index is 1270. The monoisotopic (exact) mass is 546 g/mol. The average molecular weight is 546 g/mol. The van der Waals surface area contributed by atoms with Gasteiger partial charge < -0.3 is 5.11 Å². The molecule has 0 fully saturated rings. The van der Waals surface area contributed by atoms with Gasteiger partial charge in [0.25, 0.3) is 12.4 Å². The summed E-state index contributed by atoms with van der Waals surface area (Å²) in [5.74, 6) is -17.6. The molecule has 0 bridgehead atoms. The van der Waals surface area contributed by atoms with Gasteiger partial charge in [-0.15, -0.1) is 0 Å². The Hall–Kier alpha value is -3.20. The summed E-state index contributed by atoms with van der Waals surface area (Å²) < 4.78 is 147. The van der Waals surface area contributed by atoms with Crippen molar-refractivity contribution in [2.24, 2.45) is 0 Å². The zero-order valence-electron chi connectivity index (χ0n) is 15.5. The van der Waals surface area contributed by atoms with E-state index in [2.05, 4.69) is 5.10 Å². The van der Waals surface area contributed by atoms with E-state index in [9.17, 15) is 58.2 Å². The van der Waals surface area contributed by atoms with Gasteiger partial charge in [-0.3, -0.25) is 4.79 Å². The van der Waals surface area contributed by atoms with E-state index < -0.39 is 92.2 Å². The third-order valence-corrected chi connectivity index (χ3v) is 4.06. The molecule has 0 saturated heterocycles. The molecule has 3 rings (SSSR count). The number of carbonyl (C=O) groups excluding carboxylic acids is 1. The summed E-state index contributed by atoms with van der Waals surface area (Å²) in [4.78, 5) is 14.5. The van der Waals surface area contributed by atoms with Crippen molar-refractivity contribution in [2.75, 3.05) is 0 Å². The fourth-order valence-corrected chi connectivity index (χ4v) is 2.66. The normalized spacial score (nSPS) is 11.6. The van der Waals surface area contributed by atoms with E-state index in [0.29, 0.717) is 0 Å². The van der Waals surface area contributed by atoms with Crippen molar-refractivity contribution in [3.63, 3.8) is 0 Å². The minimum atomic E-state index is -5.72. The van der Waals surface area contributed by atoms with Crippen LogP contribution in [0.25, 0.3) is 5.69 Å². The summed E-state index contributed by atoms with van der Waals surface area (Å²) >= 11 is 0. The Balaban J connectivity index is 0.00000408. The van der Waals surface area contributed by atoms with E-state index in [4.69, 9.17) is 0 Å². The van der Waals surface area contributed by atoms with Gasteiger partial charge in [0.2, 0.25) is 17.5 Å². The maximum Gasteiger partial charge on any atom is 0.436 e. The van der Waals surface area contributed by atoms with Crippen LogP contribution in [0.15, 0.2) is 12.1 Å². The number of aromatic nitrogens is 3. The summed E-state index contributed by atoms with van der Waals surface area (Å²) in [5.41, 5.74) is -9.50. The van der Waals surface area contributed by atoms with Crippen molar-refractivity contribution in [1.29, 1.82) is 0 Å². The van der Waals surface area contributed by atoms with Gasteiger partial charge in [0.1, 0.15) is 16.9 Å². The summed E-state index contributed by atoms with van der Waals surface area (Å²) in [7, 11) is 0. The van der Waals surface area contributed by atoms with Crippen LogP contribution >= 0.6 is 0 Å². The van der Waals surface area contributed by atoms with E-state index >= 15 is 0 Å². The molecule has 0 spiro atoms. The number of pyridine rings is 1. The SMILES string of the molecule is O=C(c1cc(F)c(F)c(F)c1)c1c(C(F)F)nn(-c2c(F)c(F)nc(C(F)(F)F)c2F)c1O.[Mn]. The number of alkyl halides is 5. The number of rotatable bonds is 4. The van der Waals surface area contributed by atoms with E-state index in [-0.39, 0.29) is 29.2 Å². The number of hydrogen-bond acceptors (Lipinski definition) is 4. The van der Waals surface area contributed by atoms with Gasteiger partial charge in [0.05, 0.1) is 0 Å². The van der Waals surface area contributed by atoms with Crippen molar-refractivity contribution < 1.29 is 75.3 Å². The zero-order chi connectivity index (χ0) is 25.0. The summed E-state index contributed by atoms with van der Waals surface area (Å²) in [6.07, 6.45) is -9.57. The quantitative estimate of drug-likeness (QED) is 0.165. The summed E-state index contributed by atoms with van der Waals surface area (Å²) in [6.45, 7) is 0. The number of hydrogen-bond donors (Lipinski definition) is 1. The first-order chi connectivity index (χ1) is 15.2. The second kappa shape index (κ2) is 9.21. The molecule has 2 heterocycles. The maximum absolute atomic E-state index is 14.3. The van der Waals surface area contributed by atoms with Gasteiger partial charge in [-0.05, 0) is 12.1 Å². The van der Waals surface area contributed by atoms with Crippen LogP contribution in [0.4, 0.5) is 48.3 Å². The molecule has 1 N–H and O–H groups in total. The molecule has 0 amide bonds. The van der Waals surface area contributed by atoms with Crippen LogP contribution in [0, 0.1) is 35.0 Å². The third kappa shape index (κ3) is 4.44. The Labute approximate surface area is 190 Å². The predicted molar refractivity (Wildman–Crippen MR) is 82.6 cm³/mol. The third-order valence-electron chi connectivity index (χ3n) is 4.06. The Morgan fingerprint density at radius 3 is 1.94 bits per heavy atom. The second-order valence-electron chi connectivity index (χ2n) is 6.10. The molecule has 0 unspecified atom stereocenters. The fourth-order valence-electron chi connectivity index (χ4n) is 2.66. The molecule has 1 aromatic carbocycles. The molecule has 0 aliphatic heterocycles. The second-order valence-corrected chi connectivity index (χ2v) is 6.10. The number of aromatic hydroxyl groups is 1. The van der Waals surface area contributed by atoms with E-state index in [1.165, 1.54) is 0 Å². The number of ketones is 1. The van der Waals surface area contributed by atoms with Crippen LogP contribution in [0.3, 0.4) is 0 Å². The van der Waals surface area contributed by atoms with Crippen LogP contribution in [0.1, 0.15) is 33.7 Å². The number of nitrogens with zero attached hydrogens (tertiary/aromatic N) is 3. The molecule has 3 aromatic rings. The largest absolute Gasteiger partial charge is 0.493 e. The van der Waals surface area contributed by atoms with Crippen molar-refractivity contribution in [1.82, 2.24) is 14.8 Å². The van der Waals surface area contributed by atoms with Crippen LogP contribution in [-0.4, -0.2) is 25.7 Å². The average Bonchev–Trinajstić information content (AvgIpc) is 3.04. The summed E-state index contributed by atoms with van der Waals surface area (Å²) in [6, 6.07) is 0.0314. The molecule has 2 aromatic heterocycles. The predicted octanol–water partition coefficient (Wildman–Crippen LogP) is 4.99. The molecule has 1 radical (unpaired) electrons. The molecular weight excluding hydrogens is 542 g/mol. The molecule has 0 atom stereocenters. The van der Waals surface area contributed by atoms with Crippen LogP contribution in [0.5, 0.6) is 5.88 Å². The molecule has 183 valence electrons. The van der Waals surface area contributed by atoms with Crippen LogP contribution in [0.2, 0.25) is 0 Å². The fraction of sp³-hybridized carbons (Fsp3) is 0.118. The molecule has 0 aliphatic carbocycles. The first kappa shape index (κ1) is 27.0. The molecule has 0 aliphatic rings. The molecule has 0 saturated carbocycles. The van der Waals surface area contributed by atoms with Gasteiger partial charge >= 0.3 is 6.18 Å². The molecule has 5 nitrogen and oxygen atoms in total. The molecule has 17 heteroatoms. The van der Waals surface area contributed by atoms with Crippen molar-refractivity contribution >= 4 is 5.78 Å². The number of halogens is 11. The van der Waals surface area contributed by atoms with Gasteiger partial charge in [0.15, 0.2) is 29.0 Å². The van der Waals surface area contributed by atoms with E-state index in [1.54, 1.807) is 0 Å². The standard InChI is InChI=1S/C17H4F11N3O2.Mn/c18-4-1-3(2-5(19)7(4)20)12(32)6-10(14(23)24)30-31(16(6)33)11-8(21)13(17(26,27)28)29-15(25)9(11)22;/h1-2,14,33H;. The number of carbonyl (C=O) groups is 1. The minimum Gasteiger partial charge on any atom is -0.493 e. The van der Waals surface area contributed by atoms with Gasteiger partial charge in [-0.1, -0.05) is 0 Å². The van der Waals surface area contributed by atoms with Crippen LogP contribution in [-0.2, 0) is 23.2 Å². The number of benzene rings is 1. The topological polar surface area (TPSA) is 68.0 Å². The maximum atomic E-state index is 14.3. The van der Waals surface area contributed by atoms with Crippen molar-refractivity contribution in [3.8, 4) is 11.6 Å².